The predicted molar refractivity (Wildman–Crippen MR) is 74.9 cm³/mol. The fourth-order valence-corrected chi connectivity index (χ4v) is 3.26. The van der Waals surface area contributed by atoms with Crippen molar-refractivity contribution in [3.05, 3.63) is 29.3 Å². The average Bonchev–Trinajstić information content (AvgIpc) is 3.03. The van der Waals surface area contributed by atoms with E-state index in [0.29, 0.717) is 6.10 Å². The van der Waals surface area contributed by atoms with Crippen molar-refractivity contribution in [3.8, 4) is 0 Å². The molecule has 96 valence electrons. The lowest BCUT2D eigenvalue weighted by Gasteiger charge is -2.08. The standard InChI is InChI=1S/C14H18N2OS/c1-2-6-13-12(5-1)16-14(18-13)10-15-8-7-11-4-3-9-17-11/h1-2,5-6,11,15H,3-4,7-10H2. The van der Waals surface area contributed by atoms with E-state index in [1.54, 1.807) is 11.3 Å². The maximum absolute atomic E-state index is 5.60. The Morgan fingerprint density at radius 1 is 1.39 bits per heavy atom. The van der Waals surface area contributed by atoms with Crippen LogP contribution in [0.4, 0.5) is 0 Å². The molecule has 0 aliphatic carbocycles. The van der Waals surface area contributed by atoms with Gasteiger partial charge in [-0.25, -0.2) is 4.98 Å². The minimum Gasteiger partial charge on any atom is -0.378 e. The molecule has 1 aromatic heterocycles. The fraction of sp³-hybridized carbons (Fsp3) is 0.500. The van der Waals surface area contributed by atoms with Gasteiger partial charge in [-0.1, -0.05) is 12.1 Å². The van der Waals surface area contributed by atoms with E-state index in [2.05, 4.69) is 28.5 Å². The van der Waals surface area contributed by atoms with E-state index in [4.69, 9.17) is 4.74 Å². The van der Waals surface area contributed by atoms with E-state index >= 15 is 0 Å². The van der Waals surface area contributed by atoms with Gasteiger partial charge >= 0.3 is 0 Å². The first-order chi connectivity index (χ1) is 8.92. The first-order valence-corrected chi connectivity index (χ1v) is 7.40. The molecule has 0 amide bonds. The molecule has 3 rings (SSSR count). The number of nitrogens with zero attached hydrogens (tertiary/aromatic N) is 1. The van der Waals surface area contributed by atoms with Crippen LogP contribution in [0.2, 0.25) is 0 Å². The zero-order chi connectivity index (χ0) is 12.2. The van der Waals surface area contributed by atoms with E-state index in [0.717, 1.165) is 31.6 Å². The highest BCUT2D eigenvalue weighted by Gasteiger charge is 2.14. The second-order valence-electron chi connectivity index (χ2n) is 4.68. The normalized spacial score (nSPS) is 19.7. The minimum atomic E-state index is 0.480. The van der Waals surface area contributed by atoms with Gasteiger partial charge in [0.25, 0.3) is 0 Å². The second-order valence-corrected chi connectivity index (χ2v) is 5.79. The van der Waals surface area contributed by atoms with Gasteiger partial charge in [-0.05, 0) is 37.9 Å². The van der Waals surface area contributed by atoms with Gasteiger partial charge in [0, 0.05) is 13.2 Å². The summed E-state index contributed by atoms with van der Waals surface area (Å²) in [6, 6.07) is 8.30. The number of rotatable bonds is 5. The van der Waals surface area contributed by atoms with Crippen molar-refractivity contribution in [1.82, 2.24) is 10.3 Å². The van der Waals surface area contributed by atoms with Crippen LogP contribution in [-0.2, 0) is 11.3 Å². The Bertz CT molecular complexity index is 472. The number of aromatic nitrogens is 1. The molecule has 2 aromatic rings. The largest absolute Gasteiger partial charge is 0.378 e. The van der Waals surface area contributed by atoms with Crippen LogP contribution in [0.3, 0.4) is 0 Å². The monoisotopic (exact) mass is 262 g/mol. The molecule has 1 unspecified atom stereocenters. The molecule has 1 aliphatic rings. The Morgan fingerprint density at radius 2 is 2.33 bits per heavy atom. The molecule has 0 radical (unpaired) electrons. The van der Waals surface area contributed by atoms with Gasteiger partial charge in [0.15, 0.2) is 0 Å². The third-order valence-corrected chi connectivity index (χ3v) is 4.32. The molecule has 0 saturated carbocycles. The van der Waals surface area contributed by atoms with E-state index in [1.165, 1.54) is 22.5 Å². The van der Waals surface area contributed by atoms with Crippen molar-refractivity contribution in [2.45, 2.75) is 31.9 Å². The first-order valence-electron chi connectivity index (χ1n) is 6.58. The summed E-state index contributed by atoms with van der Waals surface area (Å²) >= 11 is 1.78. The number of fused-ring (bicyclic) bond motifs is 1. The zero-order valence-corrected chi connectivity index (χ0v) is 11.2. The van der Waals surface area contributed by atoms with Gasteiger partial charge < -0.3 is 10.1 Å². The minimum absolute atomic E-state index is 0.480. The van der Waals surface area contributed by atoms with Gasteiger partial charge in [0.1, 0.15) is 5.01 Å². The molecule has 0 spiro atoms. The number of para-hydroxylation sites is 1. The van der Waals surface area contributed by atoms with Crippen LogP contribution in [0, 0.1) is 0 Å². The third kappa shape index (κ3) is 2.88. The lowest BCUT2D eigenvalue weighted by atomic mass is 10.2. The summed E-state index contributed by atoms with van der Waals surface area (Å²) < 4.78 is 6.87. The topological polar surface area (TPSA) is 34.1 Å². The highest BCUT2D eigenvalue weighted by molar-refractivity contribution is 7.18. The van der Waals surface area contributed by atoms with Crippen LogP contribution in [0.5, 0.6) is 0 Å². The number of nitrogens with one attached hydrogen (secondary N) is 1. The molecular formula is C14H18N2OS. The van der Waals surface area contributed by atoms with Gasteiger partial charge in [0.05, 0.1) is 16.3 Å². The Kier molecular flexibility index (Phi) is 3.88. The van der Waals surface area contributed by atoms with E-state index in [-0.39, 0.29) is 0 Å². The average molecular weight is 262 g/mol. The summed E-state index contributed by atoms with van der Waals surface area (Å²) in [5.41, 5.74) is 1.11. The third-order valence-electron chi connectivity index (χ3n) is 3.28. The molecule has 18 heavy (non-hydrogen) atoms. The van der Waals surface area contributed by atoms with Crippen LogP contribution < -0.4 is 5.32 Å². The summed E-state index contributed by atoms with van der Waals surface area (Å²) in [6.45, 7) is 2.83. The maximum atomic E-state index is 5.60. The molecule has 1 atom stereocenters. The molecule has 1 aliphatic heterocycles. The second kappa shape index (κ2) is 5.78. The summed E-state index contributed by atoms with van der Waals surface area (Å²) in [5.74, 6) is 0. The lowest BCUT2D eigenvalue weighted by molar-refractivity contribution is 0.104. The van der Waals surface area contributed by atoms with Crippen molar-refractivity contribution in [1.29, 1.82) is 0 Å². The van der Waals surface area contributed by atoms with Gasteiger partial charge in [-0.2, -0.15) is 0 Å². The van der Waals surface area contributed by atoms with Crippen LogP contribution in [0.25, 0.3) is 10.2 Å². The molecule has 1 aromatic carbocycles. The van der Waals surface area contributed by atoms with Crippen molar-refractivity contribution in [3.63, 3.8) is 0 Å². The molecule has 2 heterocycles. The first kappa shape index (κ1) is 12.1. The number of hydrogen-bond acceptors (Lipinski definition) is 4. The number of benzene rings is 1. The molecule has 1 fully saturated rings. The Hall–Kier alpha value is -0.970. The van der Waals surface area contributed by atoms with Crippen LogP contribution >= 0.6 is 11.3 Å². The van der Waals surface area contributed by atoms with E-state index in [1.807, 2.05) is 6.07 Å². The number of hydrogen-bond donors (Lipinski definition) is 1. The Balaban J connectivity index is 1.47. The van der Waals surface area contributed by atoms with Gasteiger partial charge in [-0.3, -0.25) is 0 Å². The predicted octanol–water partition coefficient (Wildman–Crippen LogP) is 2.96. The number of ether oxygens (including phenoxy) is 1. The van der Waals surface area contributed by atoms with Crippen molar-refractivity contribution < 1.29 is 4.74 Å². The van der Waals surface area contributed by atoms with Gasteiger partial charge in [0.2, 0.25) is 0 Å². The van der Waals surface area contributed by atoms with Crippen molar-refractivity contribution >= 4 is 21.6 Å². The highest BCUT2D eigenvalue weighted by atomic mass is 32.1. The van der Waals surface area contributed by atoms with Crippen LogP contribution in [0.1, 0.15) is 24.3 Å². The van der Waals surface area contributed by atoms with Crippen LogP contribution in [-0.4, -0.2) is 24.2 Å². The lowest BCUT2D eigenvalue weighted by Crippen LogP contribution is -2.19. The molecule has 0 bridgehead atoms. The zero-order valence-electron chi connectivity index (χ0n) is 10.4. The quantitative estimate of drug-likeness (QED) is 0.841. The van der Waals surface area contributed by atoms with E-state index in [9.17, 15) is 0 Å². The molecule has 3 nitrogen and oxygen atoms in total. The summed E-state index contributed by atoms with van der Waals surface area (Å²) in [4.78, 5) is 4.61. The van der Waals surface area contributed by atoms with Crippen molar-refractivity contribution in [2.24, 2.45) is 0 Å². The fourth-order valence-electron chi connectivity index (χ4n) is 2.33. The van der Waals surface area contributed by atoms with E-state index < -0.39 is 0 Å². The van der Waals surface area contributed by atoms with Crippen LogP contribution in [0.15, 0.2) is 24.3 Å². The van der Waals surface area contributed by atoms with Crippen molar-refractivity contribution in [2.75, 3.05) is 13.2 Å². The molecular weight excluding hydrogens is 244 g/mol. The smallest absolute Gasteiger partial charge is 0.108 e. The molecule has 4 heteroatoms. The Labute approximate surface area is 111 Å². The maximum Gasteiger partial charge on any atom is 0.108 e. The summed E-state index contributed by atoms with van der Waals surface area (Å²) in [6.07, 6.45) is 4.05. The summed E-state index contributed by atoms with van der Waals surface area (Å²) in [5, 5.41) is 4.63. The SMILES string of the molecule is c1ccc2sc(CNCCC3CCCO3)nc2c1. The summed E-state index contributed by atoms with van der Waals surface area (Å²) in [7, 11) is 0. The Morgan fingerprint density at radius 3 is 3.17 bits per heavy atom. The highest BCUT2D eigenvalue weighted by Crippen LogP contribution is 2.21. The molecule has 1 saturated heterocycles. The molecule has 1 N–H and O–H groups in total. The van der Waals surface area contributed by atoms with Gasteiger partial charge in [-0.15, -0.1) is 11.3 Å². The number of thiazole rings is 1.